The number of alkyl halides is 3. The summed E-state index contributed by atoms with van der Waals surface area (Å²) >= 11 is 3.20. The Balaban J connectivity index is 1.59. The number of aromatic nitrogens is 2. The molecule has 1 saturated heterocycles. The minimum Gasteiger partial charge on any atom is -0.369 e. The fourth-order valence-corrected chi connectivity index (χ4v) is 4.52. The number of hydrogen-bond donors (Lipinski definition) is 1. The van der Waals surface area contributed by atoms with Gasteiger partial charge in [-0.05, 0) is 56.8 Å². The first-order valence-corrected chi connectivity index (χ1v) is 11.8. The zero-order valence-electron chi connectivity index (χ0n) is 18.7. The third-order valence-corrected chi connectivity index (χ3v) is 6.41. The van der Waals surface area contributed by atoms with Gasteiger partial charge in [-0.2, -0.15) is 13.2 Å². The quantitative estimate of drug-likeness (QED) is 0.438. The lowest BCUT2D eigenvalue weighted by Crippen LogP contribution is -2.44. The first-order chi connectivity index (χ1) is 15.7. The molecule has 1 aliphatic rings. The normalized spacial score (nSPS) is 15.8. The average molecular weight is 522 g/mol. The average Bonchev–Trinajstić information content (AvgIpc) is 2.77. The Kier molecular flexibility index (Phi) is 7.21. The number of hydrogen-bond acceptors (Lipinski definition) is 5. The molecule has 0 atom stereocenters. The Morgan fingerprint density at radius 3 is 2.55 bits per heavy atom. The smallest absolute Gasteiger partial charge is 0.369 e. The SMILES string of the molecule is Cc1cccc2c(NCCCN3CCN(C)CC3)nc(-c3cc(Br)cc(C(F)(F)F)c3)nc12. The highest BCUT2D eigenvalue weighted by Crippen LogP contribution is 2.35. The summed E-state index contributed by atoms with van der Waals surface area (Å²) in [5, 5.41) is 4.28. The Hall–Kier alpha value is -2.23. The summed E-state index contributed by atoms with van der Waals surface area (Å²) in [4.78, 5) is 14.1. The van der Waals surface area contributed by atoms with Gasteiger partial charge in [0.25, 0.3) is 0 Å². The van der Waals surface area contributed by atoms with Crippen molar-refractivity contribution in [3.8, 4) is 11.4 Å². The molecule has 3 aromatic rings. The van der Waals surface area contributed by atoms with Crippen molar-refractivity contribution in [1.29, 1.82) is 0 Å². The van der Waals surface area contributed by atoms with Gasteiger partial charge in [0.15, 0.2) is 5.82 Å². The van der Waals surface area contributed by atoms with Gasteiger partial charge in [-0.3, -0.25) is 0 Å². The van der Waals surface area contributed by atoms with Gasteiger partial charge in [0, 0.05) is 48.1 Å². The lowest BCUT2D eigenvalue weighted by Gasteiger charge is -2.32. The van der Waals surface area contributed by atoms with E-state index in [0.29, 0.717) is 15.9 Å². The first-order valence-electron chi connectivity index (χ1n) is 11.0. The molecule has 0 bridgehead atoms. The number of likely N-dealkylation sites (N-methyl/N-ethyl adjacent to an activating group) is 1. The molecule has 2 heterocycles. The van der Waals surface area contributed by atoms with Gasteiger partial charge in [-0.15, -0.1) is 0 Å². The number of benzene rings is 2. The number of nitrogens with one attached hydrogen (secondary N) is 1. The predicted molar refractivity (Wildman–Crippen MR) is 129 cm³/mol. The fraction of sp³-hybridized carbons (Fsp3) is 0.417. The number of fused-ring (bicyclic) bond motifs is 1. The lowest BCUT2D eigenvalue weighted by atomic mass is 10.1. The molecular formula is C24H27BrF3N5. The van der Waals surface area contributed by atoms with Crippen molar-refractivity contribution in [2.45, 2.75) is 19.5 Å². The van der Waals surface area contributed by atoms with Crippen LogP contribution in [0.25, 0.3) is 22.3 Å². The molecule has 0 spiro atoms. The Labute approximate surface area is 200 Å². The standard InChI is InChI=1S/C24H27BrF3N5/c1-16-5-3-6-20-21(16)30-22(17-13-18(24(26,27)28)15-19(25)14-17)31-23(20)29-7-4-8-33-11-9-32(2)10-12-33/h3,5-6,13-15H,4,7-12H2,1-2H3,(H,29,30,31). The van der Waals surface area contributed by atoms with Crippen molar-refractivity contribution in [2.75, 3.05) is 51.6 Å². The van der Waals surface area contributed by atoms with Crippen LogP contribution in [0.15, 0.2) is 40.9 Å². The molecule has 176 valence electrons. The number of anilines is 1. The summed E-state index contributed by atoms with van der Waals surface area (Å²) in [6, 6.07) is 9.60. The predicted octanol–water partition coefficient (Wildman–Crippen LogP) is 5.44. The van der Waals surface area contributed by atoms with Crippen molar-refractivity contribution in [1.82, 2.24) is 19.8 Å². The van der Waals surface area contributed by atoms with Gasteiger partial charge in [0.2, 0.25) is 0 Å². The summed E-state index contributed by atoms with van der Waals surface area (Å²) in [5.41, 5.74) is 1.27. The zero-order chi connectivity index (χ0) is 23.6. The summed E-state index contributed by atoms with van der Waals surface area (Å²) < 4.78 is 40.4. The molecule has 1 aromatic heterocycles. The topological polar surface area (TPSA) is 44.3 Å². The number of aryl methyl sites for hydroxylation is 1. The van der Waals surface area contributed by atoms with E-state index in [1.165, 1.54) is 0 Å². The number of nitrogens with zero attached hydrogens (tertiary/aromatic N) is 4. The van der Waals surface area contributed by atoms with E-state index in [4.69, 9.17) is 0 Å². The Morgan fingerprint density at radius 2 is 1.82 bits per heavy atom. The Morgan fingerprint density at radius 1 is 1.06 bits per heavy atom. The van der Waals surface area contributed by atoms with Gasteiger partial charge >= 0.3 is 6.18 Å². The molecule has 33 heavy (non-hydrogen) atoms. The van der Waals surface area contributed by atoms with Crippen LogP contribution in [0.2, 0.25) is 0 Å². The molecule has 0 aliphatic carbocycles. The molecule has 0 radical (unpaired) electrons. The van der Waals surface area contributed by atoms with E-state index in [-0.39, 0.29) is 5.82 Å². The van der Waals surface area contributed by atoms with Crippen LogP contribution in [0.4, 0.5) is 19.0 Å². The number of para-hydroxylation sites is 1. The van der Waals surface area contributed by atoms with Crippen LogP contribution in [-0.4, -0.2) is 66.1 Å². The second-order valence-electron chi connectivity index (χ2n) is 8.52. The van der Waals surface area contributed by atoms with E-state index < -0.39 is 11.7 Å². The van der Waals surface area contributed by atoms with Gasteiger partial charge in [-0.25, -0.2) is 9.97 Å². The molecule has 1 aliphatic heterocycles. The van der Waals surface area contributed by atoms with Crippen LogP contribution >= 0.6 is 15.9 Å². The number of piperazine rings is 1. The monoisotopic (exact) mass is 521 g/mol. The molecule has 9 heteroatoms. The molecule has 2 aromatic carbocycles. The second kappa shape index (κ2) is 9.95. The van der Waals surface area contributed by atoms with Gasteiger partial charge < -0.3 is 15.1 Å². The molecule has 1 fully saturated rings. The molecule has 0 unspecified atom stereocenters. The van der Waals surface area contributed by atoms with E-state index in [1.807, 2.05) is 25.1 Å². The molecule has 0 saturated carbocycles. The van der Waals surface area contributed by atoms with Crippen LogP contribution in [0, 0.1) is 6.92 Å². The van der Waals surface area contributed by atoms with Crippen LogP contribution < -0.4 is 5.32 Å². The van der Waals surface area contributed by atoms with Crippen molar-refractivity contribution < 1.29 is 13.2 Å². The summed E-state index contributed by atoms with van der Waals surface area (Å²) in [7, 11) is 2.14. The van der Waals surface area contributed by atoms with Crippen molar-refractivity contribution in [3.05, 3.63) is 52.0 Å². The second-order valence-corrected chi connectivity index (χ2v) is 9.43. The lowest BCUT2D eigenvalue weighted by molar-refractivity contribution is -0.137. The van der Waals surface area contributed by atoms with Crippen LogP contribution in [-0.2, 0) is 6.18 Å². The molecule has 4 rings (SSSR count). The third kappa shape index (κ3) is 5.83. The molecular weight excluding hydrogens is 495 g/mol. The van der Waals surface area contributed by atoms with E-state index in [1.54, 1.807) is 6.07 Å². The largest absolute Gasteiger partial charge is 0.416 e. The maximum Gasteiger partial charge on any atom is 0.416 e. The van der Waals surface area contributed by atoms with Crippen molar-refractivity contribution >= 4 is 32.7 Å². The highest BCUT2D eigenvalue weighted by molar-refractivity contribution is 9.10. The molecule has 1 N–H and O–H groups in total. The summed E-state index contributed by atoms with van der Waals surface area (Å²) in [6.45, 7) is 7.96. The van der Waals surface area contributed by atoms with Crippen LogP contribution in [0.5, 0.6) is 0 Å². The summed E-state index contributed by atoms with van der Waals surface area (Å²) in [6.07, 6.45) is -3.50. The van der Waals surface area contributed by atoms with E-state index in [0.717, 1.165) is 74.3 Å². The van der Waals surface area contributed by atoms with Crippen LogP contribution in [0.1, 0.15) is 17.5 Å². The van der Waals surface area contributed by atoms with Crippen LogP contribution in [0.3, 0.4) is 0 Å². The third-order valence-electron chi connectivity index (χ3n) is 5.95. The van der Waals surface area contributed by atoms with Crippen molar-refractivity contribution in [3.63, 3.8) is 0 Å². The summed E-state index contributed by atoms with van der Waals surface area (Å²) in [5.74, 6) is 0.913. The highest BCUT2D eigenvalue weighted by Gasteiger charge is 2.31. The zero-order valence-corrected chi connectivity index (χ0v) is 20.3. The maximum absolute atomic E-state index is 13.4. The molecule has 5 nitrogen and oxygen atoms in total. The van der Waals surface area contributed by atoms with E-state index in [2.05, 4.69) is 48.1 Å². The van der Waals surface area contributed by atoms with Crippen molar-refractivity contribution in [2.24, 2.45) is 0 Å². The maximum atomic E-state index is 13.4. The van der Waals surface area contributed by atoms with E-state index >= 15 is 0 Å². The van der Waals surface area contributed by atoms with Gasteiger partial charge in [0.1, 0.15) is 5.82 Å². The first kappa shape index (κ1) is 23.9. The highest BCUT2D eigenvalue weighted by atomic mass is 79.9. The minimum absolute atomic E-state index is 0.269. The fourth-order valence-electron chi connectivity index (χ4n) is 4.02. The number of halogens is 4. The number of rotatable bonds is 6. The van der Waals surface area contributed by atoms with Gasteiger partial charge in [0.05, 0.1) is 11.1 Å². The van der Waals surface area contributed by atoms with E-state index in [9.17, 15) is 13.2 Å². The molecule has 0 amide bonds. The van der Waals surface area contributed by atoms with Gasteiger partial charge in [-0.1, -0.05) is 28.1 Å². The minimum atomic E-state index is -4.45. The Bertz CT molecular complexity index is 1130.